The van der Waals surface area contributed by atoms with Crippen molar-refractivity contribution in [3.8, 4) is 0 Å². The highest BCUT2D eigenvalue weighted by Crippen LogP contribution is 2.24. The van der Waals surface area contributed by atoms with Gasteiger partial charge in [0, 0.05) is 30.8 Å². The van der Waals surface area contributed by atoms with E-state index in [1.807, 2.05) is 23.1 Å². The molecule has 1 amide bonds. The number of nitrogens with one attached hydrogen (secondary N) is 2. The van der Waals surface area contributed by atoms with Crippen LogP contribution in [0.5, 0.6) is 0 Å². The van der Waals surface area contributed by atoms with E-state index in [1.165, 1.54) is 11.3 Å². The van der Waals surface area contributed by atoms with Crippen LogP contribution in [0.1, 0.15) is 21.6 Å². The number of aromatic amines is 2. The Hall–Kier alpha value is -2.94. The summed E-state index contributed by atoms with van der Waals surface area (Å²) < 4.78 is 0.924. The average molecular weight is 360 g/mol. The highest BCUT2D eigenvalue weighted by molar-refractivity contribution is 7.17. The molecule has 130 valence electrons. The Labute approximate surface area is 146 Å². The zero-order valence-corrected chi connectivity index (χ0v) is 14.0. The molecule has 3 N–H and O–H groups in total. The number of carboxylic acid groups (broad SMARTS) is 1. The van der Waals surface area contributed by atoms with Gasteiger partial charge in [-0.25, -0.2) is 4.98 Å². The van der Waals surface area contributed by atoms with Gasteiger partial charge in [0.15, 0.2) is 0 Å². The van der Waals surface area contributed by atoms with E-state index in [2.05, 4.69) is 15.2 Å². The molecule has 0 bridgehead atoms. The molecular formula is C16H16N4O4S. The highest BCUT2D eigenvalue weighted by Gasteiger charge is 2.23. The summed E-state index contributed by atoms with van der Waals surface area (Å²) in [6, 6.07) is 5.62. The number of rotatable bonds is 1. The lowest BCUT2D eigenvalue weighted by molar-refractivity contribution is -0.122. The van der Waals surface area contributed by atoms with Gasteiger partial charge in [0.2, 0.25) is 0 Å². The van der Waals surface area contributed by atoms with Crippen LogP contribution in [0.15, 0.2) is 28.5 Å². The van der Waals surface area contributed by atoms with Crippen LogP contribution in [0.25, 0.3) is 10.2 Å². The Bertz CT molecular complexity index is 958. The first-order valence-electron chi connectivity index (χ1n) is 7.63. The number of H-pyrrole nitrogens is 2. The van der Waals surface area contributed by atoms with E-state index in [0.29, 0.717) is 31.5 Å². The van der Waals surface area contributed by atoms with Crippen LogP contribution in [0.3, 0.4) is 0 Å². The maximum Gasteiger partial charge on any atom is 0.290 e. The van der Waals surface area contributed by atoms with E-state index in [-0.39, 0.29) is 17.9 Å². The Kier molecular flexibility index (Phi) is 4.94. The molecule has 0 aliphatic carbocycles. The average Bonchev–Trinajstić information content (AvgIpc) is 3.16. The molecule has 0 saturated carbocycles. The normalized spacial score (nSPS) is 13.5. The van der Waals surface area contributed by atoms with Crippen LogP contribution in [-0.4, -0.2) is 50.7 Å². The van der Waals surface area contributed by atoms with Crippen molar-refractivity contribution in [3.63, 3.8) is 0 Å². The second-order valence-electron chi connectivity index (χ2n) is 5.44. The van der Waals surface area contributed by atoms with Gasteiger partial charge in [-0.05, 0) is 18.6 Å². The summed E-state index contributed by atoms with van der Waals surface area (Å²) in [5.74, 6) is 0.0106. The molecule has 2 aromatic heterocycles. The fourth-order valence-electron chi connectivity index (χ4n) is 2.93. The molecule has 0 spiro atoms. The molecule has 1 aliphatic heterocycles. The van der Waals surface area contributed by atoms with E-state index in [0.717, 1.165) is 21.5 Å². The summed E-state index contributed by atoms with van der Waals surface area (Å²) in [5, 5.41) is 12.4. The van der Waals surface area contributed by atoms with E-state index >= 15 is 0 Å². The number of fused-ring (bicyclic) bond motifs is 2. The first-order chi connectivity index (χ1) is 12.2. The maximum atomic E-state index is 12.8. The number of thiazole rings is 1. The Morgan fingerprint density at radius 2 is 2.04 bits per heavy atom. The number of benzene rings is 1. The molecule has 0 unspecified atom stereocenters. The highest BCUT2D eigenvalue weighted by atomic mass is 32.1. The van der Waals surface area contributed by atoms with Gasteiger partial charge < -0.3 is 15.1 Å². The van der Waals surface area contributed by atoms with Gasteiger partial charge in [-0.1, -0.05) is 6.07 Å². The fraction of sp³-hybridized carbons (Fsp3) is 0.250. The molecule has 0 saturated heterocycles. The Balaban J connectivity index is 0.000000569. The topological polar surface area (TPSA) is 119 Å². The zero-order chi connectivity index (χ0) is 17.8. The van der Waals surface area contributed by atoms with Gasteiger partial charge in [0.1, 0.15) is 0 Å². The number of aromatic nitrogens is 3. The molecule has 4 rings (SSSR count). The van der Waals surface area contributed by atoms with E-state index in [9.17, 15) is 9.59 Å². The number of hydrogen-bond acceptors (Lipinski definition) is 5. The standard InChI is InChI=1S/C15H14N4O2S.CH2O2/c20-14-9-4-6-19(7-5-11(9)17-18-14)15(21)10-2-1-3-12-13(10)22-8-16-12;2-1-3/h1-3,8H,4-7H2,(H2,17,18,20);1H,(H,2,3). The van der Waals surface area contributed by atoms with Crippen molar-refractivity contribution in [2.75, 3.05) is 13.1 Å². The minimum Gasteiger partial charge on any atom is -0.483 e. The van der Waals surface area contributed by atoms with Crippen LogP contribution < -0.4 is 5.56 Å². The molecule has 0 fully saturated rings. The Morgan fingerprint density at radius 3 is 2.84 bits per heavy atom. The second-order valence-corrected chi connectivity index (χ2v) is 6.29. The molecule has 0 radical (unpaired) electrons. The molecule has 25 heavy (non-hydrogen) atoms. The van der Waals surface area contributed by atoms with E-state index < -0.39 is 0 Å². The quantitative estimate of drug-likeness (QED) is 0.564. The van der Waals surface area contributed by atoms with Crippen molar-refractivity contribution in [2.24, 2.45) is 0 Å². The lowest BCUT2D eigenvalue weighted by Crippen LogP contribution is -2.33. The number of carbonyl (C=O) groups is 2. The number of nitrogens with zero attached hydrogens (tertiary/aromatic N) is 2. The summed E-state index contributed by atoms with van der Waals surface area (Å²) in [4.78, 5) is 39.0. The number of carbonyl (C=O) groups excluding carboxylic acids is 1. The lowest BCUT2D eigenvalue weighted by atomic mass is 10.1. The van der Waals surface area contributed by atoms with Crippen molar-refractivity contribution in [1.82, 2.24) is 20.1 Å². The van der Waals surface area contributed by atoms with Gasteiger partial charge in [-0.2, -0.15) is 0 Å². The van der Waals surface area contributed by atoms with Gasteiger partial charge in [0.25, 0.3) is 17.9 Å². The van der Waals surface area contributed by atoms with Crippen molar-refractivity contribution >= 4 is 33.9 Å². The summed E-state index contributed by atoms with van der Waals surface area (Å²) in [6.07, 6.45) is 1.25. The Morgan fingerprint density at radius 1 is 1.28 bits per heavy atom. The fourth-order valence-corrected chi connectivity index (χ4v) is 3.73. The van der Waals surface area contributed by atoms with Crippen LogP contribution in [0, 0.1) is 0 Å². The second kappa shape index (κ2) is 7.31. The van der Waals surface area contributed by atoms with Gasteiger partial charge in [0.05, 0.1) is 21.3 Å². The van der Waals surface area contributed by atoms with Crippen LogP contribution in [-0.2, 0) is 17.6 Å². The van der Waals surface area contributed by atoms with Gasteiger partial charge in [-0.3, -0.25) is 19.5 Å². The maximum absolute atomic E-state index is 12.8. The first-order valence-corrected chi connectivity index (χ1v) is 8.51. The predicted octanol–water partition coefficient (Wildman–Crippen LogP) is 1.25. The summed E-state index contributed by atoms with van der Waals surface area (Å²) in [6.45, 7) is 0.913. The van der Waals surface area contributed by atoms with Gasteiger partial charge in [-0.15, -0.1) is 11.3 Å². The molecule has 3 heterocycles. The predicted molar refractivity (Wildman–Crippen MR) is 93.0 cm³/mol. The lowest BCUT2D eigenvalue weighted by Gasteiger charge is -2.20. The largest absolute Gasteiger partial charge is 0.483 e. The third-order valence-corrected chi connectivity index (χ3v) is 4.98. The SMILES string of the molecule is O=C(c1cccc2ncsc12)N1CCc2[nH][nH]c(=O)c2CC1.O=CO. The van der Waals surface area contributed by atoms with Gasteiger partial charge >= 0.3 is 0 Å². The third kappa shape index (κ3) is 3.31. The van der Waals surface area contributed by atoms with E-state index in [4.69, 9.17) is 9.90 Å². The minimum absolute atomic E-state index is 0.0106. The molecular weight excluding hydrogens is 344 g/mol. The number of hydrogen-bond donors (Lipinski definition) is 3. The summed E-state index contributed by atoms with van der Waals surface area (Å²) in [7, 11) is 0. The molecule has 8 nitrogen and oxygen atoms in total. The first kappa shape index (κ1) is 16.9. The van der Waals surface area contributed by atoms with Crippen LogP contribution in [0.2, 0.25) is 0 Å². The van der Waals surface area contributed by atoms with Crippen molar-refractivity contribution < 1.29 is 14.7 Å². The smallest absolute Gasteiger partial charge is 0.290 e. The van der Waals surface area contributed by atoms with Crippen LogP contribution >= 0.6 is 11.3 Å². The summed E-state index contributed by atoms with van der Waals surface area (Å²) >= 11 is 1.48. The minimum atomic E-state index is -0.250. The number of amides is 1. The van der Waals surface area contributed by atoms with Crippen molar-refractivity contribution in [3.05, 3.63) is 50.9 Å². The summed E-state index contributed by atoms with van der Waals surface area (Å²) in [5.41, 5.74) is 4.91. The monoisotopic (exact) mass is 360 g/mol. The zero-order valence-electron chi connectivity index (χ0n) is 13.2. The molecule has 3 aromatic rings. The molecule has 1 aromatic carbocycles. The van der Waals surface area contributed by atoms with E-state index in [1.54, 1.807) is 5.51 Å². The third-order valence-electron chi connectivity index (χ3n) is 4.10. The molecule has 0 atom stereocenters. The van der Waals surface area contributed by atoms with Crippen molar-refractivity contribution in [1.29, 1.82) is 0 Å². The van der Waals surface area contributed by atoms with Crippen LogP contribution in [0.4, 0.5) is 0 Å². The molecule has 9 heteroatoms. The molecule has 1 aliphatic rings. The van der Waals surface area contributed by atoms with Crippen molar-refractivity contribution in [2.45, 2.75) is 12.8 Å².